The Labute approximate surface area is 102 Å². The van der Waals surface area contributed by atoms with E-state index in [1.165, 1.54) is 0 Å². The topological polar surface area (TPSA) is 54.3 Å². The molecule has 1 rings (SSSR count). The fourth-order valence-corrected chi connectivity index (χ4v) is 1.38. The molecule has 0 aliphatic carbocycles. The van der Waals surface area contributed by atoms with Crippen molar-refractivity contribution in [3.05, 3.63) is 29.8 Å². The third kappa shape index (κ3) is 5.91. The number of hydrogen-bond acceptors (Lipinski definition) is 4. The number of nitrogens with zero attached hydrogens (tertiary/aromatic N) is 1. The van der Waals surface area contributed by atoms with Crippen LogP contribution in [0, 0.1) is 11.3 Å². The van der Waals surface area contributed by atoms with Crippen LogP contribution in [0.25, 0.3) is 0 Å². The van der Waals surface area contributed by atoms with E-state index in [1.54, 1.807) is 0 Å². The zero-order valence-corrected chi connectivity index (χ0v) is 10.1. The van der Waals surface area contributed by atoms with Gasteiger partial charge in [-0.15, -0.1) is 0 Å². The highest BCUT2D eigenvalue weighted by Crippen LogP contribution is 2.12. The number of rotatable bonds is 8. The maximum atomic E-state index is 8.42. The zero-order valence-electron chi connectivity index (χ0n) is 10.1. The van der Waals surface area contributed by atoms with Crippen molar-refractivity contribution in [2.24, 2.45) is 0 Å². The van der Waals surface area contributed by atoms with E-state index < -0.39 is 0 Å². The molecule has 92 valence electrons. The van der Waals surface area contributed by atoms with E-state index in [0.717, 1.165) is 37.6 Å². The monoisotopic (exact) mass is 234 g/mol. The Morgan fingerprint density at radius 3 is 3.06 bits per heavy atom. The molecule has 0 unspecified atom stereocenters. The summed E-state index contributed by atoms with van der Waals surface area (Å²) in [7, 11) is 0. The number of nitrogens with one attached hydrogen (secondary N) is 1. The smallest absolute Gasteiger partial charge is 0.174 e. The lowest BCUT2D eigenvalue weighted by molar-refractivity contribution is 0.149. The van der Waals surface area contributed by atoms with Gasteiger partial charge in [0.05, 0.1) is 6.61 Å². The highest BCUT2D eigenvalue weighted by molar-refractivity contribution is 5.28. The molecule has 4 heteroatoms. The second-order valence-corrected chi connectivity index (χ2v) is 3.47. The van der Waals surface area contributed by atoms with Crippen LogP contribution in [-0.2, 0) is 11.3 Å². The van der Waals surface area contributed by atoms with Gasteiger partial charge in [0.25, 0.3) is 0 Å². The van der Waals surface area contributed by atoms with Crippen LogP contribution in [-0.4, -0.2) is 26.4 Å². The molecule has 0 bridgehead atoms. The van der Waals surface area contributed by atoms with E-state index in [4.69, 9.17) is 14.7 Å². The summed E-state index contributed by atoms with van der Waals surface area (Å²) in [5, 5.41) is 11.7. The fraction of sp³-hybridized carbons (Fsp3) is 0.462. The predicted molar refractivity (Wildman–Crippen MR) is 65.7 cm³/mol. The molecule has 0 saturated heterocycles. The number of hydrogen-bond donors (Lipinski definition) is 1. The van der Waals surface area contributed by atoms with Crippen molar-refractivity contribution < 1.29 is 9.47 Å². The number of ether oxygens (including phenoxy) is 2. The van der Waals surface area contributed by atoms with Gasteiger partial charge in [0.1, 0.15) is 11.8 Å². The molecule has 0 atom stereocenters. The van der Waals surface area contributed by atoms with E-state index in [-0.39, 0.29) is 6.61 Å². The lowest BCUT2D eigenvalue weighted by Crippen LogP contribution is -2.19. The molecule has 0 fully saturated rings. The summed E-state index contributed by atoms with van der Waals surface area (Å²) in [6.07, 6.45) is 0. The van der Waals surface area contributed by atoms with Crippen LogP contribution in [0.15, 0.2) is 24.3 Å². The van der Waals surface area contributed by atoms with Crippen LogP contribution in [0.1, 0.15) is 12.5 Å². The van der Waals surface area contributed by atoms with Gasteiger partial charge in [-0.1, -0.05) is 12.1 Å². The van der Waals surface area contributed by atoms with Crippen LogP contribution >= 0.6 is 0 Å². The molecule has 0 aromatic heterocycles. The summed E-state index contributed by atoms with van der Waals surface area (Å²) in [5.74, 6) is 0.732. The molecule has 1 N–H and O–H groups in total. The van der Waals surface area contributed by atoms with Crippen molar-refractivity contribution in [1.82, 2.24) is 5.32 Å². The Kier molecular flexibility index (Phi) is 6.80. The molecule has 17 heavy (non-hydrogen) atoms. The number of nitriles is 1. The third-order valence-electron chi connectivity index (χ3n) is 2.16. The maximum absolute atomic E-state index is 8.42. The first-order chi connectivity index (χ1) is 8.36. The Hall–Kier alpha value is -1.57. The Bertz CT molecular complexity index is 361. The molecule has 0 spiro atoms. The molecule has 0 amide bonds. The van der Waals surface area contributed by atoms with Gasteiger partial charge in [0, 0.05) is 19.7 Å². The molecule has 0 aliphatic heterocycles. The van der Waals surface area contributed by atoms with Crippen LogP contribution in [0.5, 0.6) is 5.75 Å². The second-order valence-electron chi connectivity index (χ2n) is 3.47. The third-order valence-corrected chi connectivity index (χ3v) is 2.16. The molecule has 0 aliphatic rings. The minimum absolute atomic E-state index is 0.0845. The fourth-order valence-electron chi connectivity index (χ4n) is 1.38. The van der Waals surface area contributed by atoms with Crippen LogP contribution in [0.4, 0.5) is 0 Å². The van der Waals surface area contributed by atoms with Crippen LogP contribution < -0.4 is 10.1 Å². The normalized spacial score (nSPS) is 9.88. The van der Waals surface area contributed by atoms with Gasteiger partial charge in [-0.3, -0.25) is 0 Å². The van der Waals surface area contributed by atoms with Crippen molar-refractivity contribution >= 4 is 0 Å². The van der Waals surface area contributed by atoms with Gasteiger partial charge in [-0.2, -0.15) is 5.26 Å². The second kappa shape index (κ2) is 8.57. The average Bonchev–Trinajstić information content (AvgIpc) is 2.37. The molecule has 0 heterocycles. The first-order valence-electron chi connectivity index (χ1n) is 5.74. The molecule has 0 saturated carbocycles. The van der Waals surface area contributed by atoms with Gasteiger partial charge < -0.3 is 14.8 Å². The SMILES string of the molecule is CCOCCNCc1cccc(OCC#N)c1. The average molecular weight is 234 g/mol. The Morgan fingerprint density at radius 2 is 2.29 bits per heavy atom. The number of benzene rings is 1. The first kappa shape index (κ1) is 13.5. The Morgan fingerprint density at radius 1 is 1.41 bits per heavy atom. The van der Waals surface area contributed by atoms with Crippen molar-refractivity contribution in [1.29, 1.82) is 5.26 Å². The minimum Gasteiger partial charge on any atom is -0.479 e. The summed E-state index contributed by atoms with van der Waals surface area (Å²) in [5.41, 5.74) is 1.14. The molecule has 1 aromatic carbocycles. The summed E-state index contributed by atoms with van der Waals surface area (Å²) in [6.45, 7) is 5.14. The summed E-state index contributed by atoms with van der Waals surface area (Å²) in [6, 6.07) is 9.68. The largest absolute Gasteiger partial charge is 0.479 e. The van der Waals surface area contributed by atoms with E-state index in [0.29, 0.717) is 0 Å². The molecule has 4 nitrogen and oxygen atoms in total. The minimum atomic E-state index is 0.0845. The highest BCUT2D eigenvalue weighted by Gasteiger charge is 1.96. The maximum Gasteiger partial charge on any atom is 0.174 e. The summed E-state index contributed by atoms with van der Waals surface area (Å²) in [4.78, 5) is 0. The molecule has 1 aromatic rings. The lowest BCUT2D eigenvalue weighted by Gasteiger charge is -2.07. The van der Waals surface area contributed by atoms with Gasteiger partial charge in [-0.05, 0) is 24.6 Å². The highest BCUT2D eigenvalue weighted by atomic mass is 16.5. The van der Waals surface area contributed by atoms with Gasteiger partial charge in [0.15, 0.2) is 6.61 Å². The molecular weight excluding hydrogens is 216 g/mol. The van der Waals surface area contributed by atoms with E-state index in [9.17, 15) is 0 Å². The molecule has 0 radical (unpaired) electrons. The van der Waals surface area contributed by atoms with Crippen molar-refractivity contribution in [3.63, 3.8) is 0 Å². The standard InChI is InChI=1S/C13H18N2O2/c1-2-16-9-7-15-11-12-4-3-5-13(10-12)17-8-6-14/h3-5,10,15H,2,7-9,11H2,1H3. The van der Waals surface area contributed by atoms with E-state index in [1.807, 2.05) is 37.3 Å². The molecular formula is C13H18N2O2. The summed E-state index contributed by atoms with van der Waals surface area (Å²) < 4.78 is 10.5. The lowest BCUT2D eigenvalue weighted by atomic mass is 10.2. The van der Waals surface area contributed by atoms with Crippen LogP contribution in [0.3, 0.4) is 0 Å². The first-order valence-corrected chi connectivity index (χ1v) is 5.74. The quantitative estimate of drug-likeness (QED) is 0.696. The van der Waals surface area contributed by atoms with Crippen molar-refractivity contribution in [2.45, 2.75) is 13.5 Å². The van der Waals surface area contributed by atoms with Crippen molar-refractivity contribution in [2.75, 3.05) is 26.4 Å². The zero-order chi connectivity index (χ0) is 12.3. The van der Waals surface area contributed by atoms with Crippen molar-refractivity contribution in [3.8, 4) is 11.8 Å². The predicted octanol–water partition coefficient (Wildman–Crippen LogP) is 1.72. The summed E-state index contributed by atoms with van der Waals surface area (Å²) >= 11 is 0. The van der Waals surface area contributed by atoms with E-state index >= 15 is 0 Å². The van der Waals surface area contributed by atoms with E-state index in [2.05, 4.69) is 5.32 Å². The van der Waals surface area contributed by atoms with Gasteiger partial charge in [-0.25, -0.2) is 0 Å². The van der Waals surface area contributed by atoms with Gasteiger partial charge in [0.2, 0.25) is 0 Å². The van der Waals surface area contributed by atoms with Crippen LogP contribution in [0.2, 0.25) is 0 Å². The Balaban J connectivity index is 2.30. The van der Waals surface area contributed by atoms with Gasteiger partial charge >= 0.3 is 0 Å².